The van der Waals surface area contributed by atoms with Crippen LogP contribution in [0.5, 0.6) is 0 Å². The van der Waals surface area contributed by atoms with Crippen LogP contribution >= 0.6 is 0 Å². The van der Waals surface area contributed by atoms with E-state index in [2.05, 4.69) is 4.74 Å². The van der Waals surface area contributed by atoms with Crippen molar-refractivity contribution in [2.24, 2.45) is 0 Å². The highest BCUT2D eigenvalue weighted by Gasteiger charge is 2.31. The van der Waals surface area contributed by atoms with E-state index in [0.717, 1.165) is 16.1 Å². The zero-order valence-corrected chi connectivity index (χ0v) is 16.2. The van der Waals surface area contributed by atoms with Crippen molar-refractivity contribution in [3.63, 3.8) is 0 Å². The molecule has 0 aromatic heterocycles. The highest BCUT2D eigenvalue weighted by molar-refractivity contribution is 7.92. The topological polar surface area (TPSA) is 80.8 Å². The standard InChI is InChI=1S/C15H23NO5SSi/c1-11-7-8-12(15(18)23(4,5)6)13(9-11)16(22(3,19)20)10-14(17)21-2/h7-9H,10H2,1-6H3. The van der Waals surface area contributed by atoms with Gasteiger partial charge in [0.05, 0.1) is 19.1 Å². The number of sulfonamides is 1. The van der Waals surface area contributed by atoms with Crippen molar-refractivity contribution in [1.82, 2.24) is 0 Å². The molecule has 0 saturated heterocycles. The van der Waals surface area contributed by atoms with Gasteiger partial charge < -0.3 is 9.53 Å². The summed E-state index contributed by atoms with van der Waals surface area (Å²) in [4.78, 5) is 24.3. The first-order valence-corrected chi connectivity index (χ1v) is 12.4. The Bertz CT molecular complexity index is 722. The lowest BCUT2D eigenvalue weighted by Crippen LogP contribution is -2.39. The van der Waals surface area contributed by atoms with Crippen molar-refractivity contribution in [3.05, 3.63) is 29.3 Å². The molecule has 0 aliphatic carbocycles. The van der Waals surface area contributed by atoms with E-state index in [0.29, 0.717) is 5.56 Å². The van der Waals surface area contributed by atoms with E-state index in [-0.39, 0.29) is 11.1 Å². The molecule has 6 nitrogen and oxygen atoms in total. The van der Waals surface area contributed by atoms with E-state index < -0.39 is 30.6 Å². The molecule has 0 radical (unpaired) electrons. The Morgan fingerprint density at radius 1 is 1.22 bits per heavy atom. The highest BCUT2D eigenvalue weighted by atomic mass is 32.2. The van der Waals surface area contributed by atoms with E-state index >= 15 is 0 Å². The summed E-state index contributed by atoms with van der Waals surface area (Å²) in [6, 6.07) is 4.99. The fourth-order valence-corrected chi connectivity index (χ4v) is 3.87. The smallest absolute Gasteiger partial charge is 0.326 e. The van der Waals surface area contributed by atoms with Crippen LogP contribution in [0.25, 0.3) is 0 Å². The Morgan fingerprint density at radius 3 is 2.22 bits per heavy atom. The first kappa shape index (κ1) is 19.4. The van der Waals surface area contributed by atoms with Crippen LogP contribution < -0.4 is 4.31 Å². The van der Waals surface area contributed by atoms with Crippen LogP contribution in [0, 0.1) is 6.92 Å². The van der Waals surface area contributed by atoms with Gasteiger partial charge >= 0.3 is 5.97 Å². The van der Waals surface area contributed by atoms with Crippen LogP contribution in [0.2, 0.25) is 19.6 Å². The van der Waals surface area contributed by atoms with Crippen LogP contribution in [0.1, 0.15) is 15.9 Å². The summed E-state index contributed by atoms with van der Waals surface area (Å²) in [5.74, 6) is -0.691. The molecule has 23 heavy (non-hydrogen) atoms. The number of ether oxygens (including phenoxy) is 1. The van der Waals surface area contributed by atoms with E-state index in [4.69, 9.17) is 0 Å². The number of methoxy groups -OCH3 is 1. The molecule has 0 saturated carbocycles. The summed E-state index contributed by atoms with van der Waals surface area (Å²) in [6.45, 7) is 7.01. The number of carbonyl (C=O) groups excluding carboxylic acids is 2. The summed E-state index contributed by atoms with van der Waals surface area (Å²) >= 11 is 0. The molecule has 0 aliphatic heterocycles. The van der Waals surface area contributed by atoms with E-state index in [1.165, 1.54) is 7.11 Å². The fraction of sp³-hybridized carbons (Fsp3) is 0.467. The van der Waals surface area contributed by atoms with Crippen LogP contribution in [0.15, 0.2) is 18.2 Å². The molecule has 1 aromatic carbocycles. The fourth-order valence-electron chi connectivity index (χ4n) is 2.01. The van der Waals surface area contributed by atoms with Crippen LogP contribution in [-0.4, -0.2) is 47.8 Å². The van der Waals surface area contributed by atoms with Crippen LogP contribution in [0.3, 0.4) is 0 Å². The van der Waals surface area contributed by atoms with E-state index in [1.807, 2.05) is 19.6 Å². The molecule has 0 aliphatic rings. The molecule has 0 amide bonds. The van der Waals surface area contributed by atoms with Gasteiger partial charge in [-0.25, -0.2) is 8.42 Å². The molecule has 1 aromatic rings. The Morgan fingerprint density at radius 2 is 1.78 bits per heavy atom. The third kappa shape index (κ3) is 4.90. The van der Waals surface area contributed by atoms with E-state index in [1.54, 1.807) is 25.1 Å². The molecule has 0 heterocycles. The predicted octanol–water partition coefficient (Wildman–Crippen LogP) is 1.99. The molecule has 128 valence electrons. The molecule has 0 spiro atoms. The number of hydrogen-bond acceptors (Lipinski definition) is 5. The Balaban J connectivity index is 3.56. The van der Waals surface area contributed by atoms with Gasteiger partial charge in [-0.15, -0.1) is 0 Å². The second kappa shape index (κ2) is 6.84. The third-order valence-electron chi connectivity index (χ3n) is 3.25. The first-order chi connectivity index (χ1) is 10.4. The van der Waals surface area contributed by atoms with Gasteiger partial charge in [0, 0.05) is 5.56 Å². The van der Waals surface area contributed by atoms with Gasteiger partial charge in [0.1, 0.15) is 20.0 Å². The molecule has 1 rings (SSSR count). The van der Waals surface area contributed by atoms with E-state index in [9.17, 15) is 18.0 Å². The molecule has 0 unspecified atom stereocenters. The van der Waals surface area contributed by atoms with Crippen molar-refractivity contribution >= 4 is 35.2 Å². The molecule has 0 bridgehead atoms. The summed E-state index contributed by atoms with van der Waals surface area (Å²) in [5, 5.41) is -0.0639. The van der Waals surface area contributed by atoms with Crippen LogP contribution in [0.4, 0.5) is 5.69 Å². The molecule has 8 heteroatoms. The molecule has 0 atom stereocenters. The van der Waals surface area contributed by atoms with Gasteiger partial charge in [-0.05, 0) is 24.6 Å². The average molecular weight is 358 g/mol. The van der Waals surface area contributed by atoms with Crippen molar-refractivity contribution in [1.29, 1.82) is 0 Å². The maximum atomic E-state index is 12.7. The number of anilines is 1. The van der Waals surface area contributed by atoms with Crippen molar-refractivity contribution in [3.8, 4) is 0 Å². The zero-order chi connectivity index (χ0) is 18.0. The Hall–Kier alpha value is -1.67. The second-order valence-electron chi connectivity index (χ2n) is 6.45. The molecule has 0 fully saturated rings. The van der Waals surface area contributed by atoms with Crippen LogP contribution in [-0.2, 0) is 19.6 Å². The maximum Gasteiger partial charge on any atom is 0.326 e. The SMILES string of the molecule is COC(=O)CN(c1cc(C)ccc1C(=O)[Si](C)(C)C)S(C)(=O)=O. The lowest BCUT2D eigenvalue weighted by molar-refractivity contribution is -0.138. The van der Waals surface area contributed by atoms with Gasteiger partial charge in [-0.3, -0.25) is 9.10 Å². The highest BCUT2D eigenvalue weighted by Crippen LogP contribution is 2.27. The zero-order valence-electron chi connectivity index (χ0n) is 14.3. The van der Waals surface area contributed by atoms with Gasteiger partial charge in [-0.1, -0.05) is 25.7 Å². The normalized spacial score (nSPS) is 11.9. The summed E-state index contributed by atoms with van der Waals surface area (Å²) < 4.78 is 29.8. The second-order valence-corrected chi connectivity index (χ2v) is 13.3. The molecule has 0 N–H and O–H groups in total. The Labute approximate surface area is 138 Å². The van der Waals surface area contributed by atoms with Gasteiger partial charge in [0.15, 0.2) is 0 Å². The minimum atomic E-state index is -3.75. The number of aryl methyl sites for hydroxylation is 1. The monoisotopic (exact) mass is 357 g/mol. The van der Waals surface area contributed by atoms with Gasteiger partial charge in [0.25, 0.3) is 0 Å². The summed E-state index contributed by atoms with van der Waals surface area (Å²) in [7, 11) is -4.74. The minimum absolute atomic E-state index is 0.0639. The number of esters is 1. The number of rotatable bonds is 6. The number of hydrogen-bond donors (Lipinski definition) is 0. The first-order valence-electron chi connectivity index (χ1n) is 7.08. The summed E-state index contributed by atoms with van der Waals surface area (Å²) in [6.07, 6.45) is 1.00. The predicted molar refractivity (Wildman–Crippen MR) is 93.1 cm³/mol. The lowest BCUT2D eigenvalue weighted by atomic mass is 10.1. The Kier molecular flexibility index (Phi) is 5.76. The largest absolute Gasteiger partial charge is 0.468 e. The summed E-state index contributed by atoms with van der Waals surface area (Å²) in [5.41, 5.74) is 1.35. The lowest BCUT2D eigenvalue weighted by Gasteiger charge is -2.26. The molecular weight excluding hydrogens is 334 g/mol. The number of nitrogens with zero attached hydrogens (tertiary/aromatic N) is 1. The maximum absolute atomic E-state index is 12.7. The van der Waals surface area contributed by atoms with Crippen molar-refractivity contribution < 1.29 is 22.7 Å². The number of carbonyl (C=O) groups is 2. The minimum Gasteiger partial charge on any atom is -0.468 e. The van der Waals surface area contributed by atoms with Crippen molar-refractivity contribution in [2.75, 3.05) is 24.2 Å². The quantitative estimate of drug-likeness (QED) is 0.574. The number of benzene rings is 1. The van der Waals surface area contributed by atoms with Crippen molar-refractivity contribution in [2.45, 2.75) is 26.6 Å². The van der Waals surface area contributed by atoms with Gasteiger partial charge in [0.2, 0.25) is 10.0 Å². The third-order valence-corrected chi connectivity index (χ3v) is 6.01. The average Bonchev–Trinajstić information content (AvgIpc) is 2.41. The van der Waals surface area contributed by atoms with Gasteiger partial charge in [-0.2, -0.15) is 0 Å². The molecular formula is C15H23NO5SSi.